The summed E-state index contributed by atoms with van der Waals surface area (Å²) in [5, 5.41) is 0. The van der Waals surface area contributed by atoms with E-state index in [0.29, 0.717) is 12.1 Å². The summed E-state index contributed by atoms with van der Waals surface area (Å²) in [6.07, 6.45) is 3.71. The van der Waals surface area contributed by atoms with Crippen LogP contribution in [-0.2, 0) is 0 Å². The number of halogens is 1. The summed E-state index contributed by atoms with van der Waals surface area (Å²) in [7, 11) is 2.05. The Hall–Kier alpha value is -0.150. The van der Waals surface area contributed by atoms with Gasteiger partial charge in [-0.2, -0.15) is 0 Å². The first-order chi connectivity index (χ1) is 7.13. The van der Waals surface area contributed by atoms with E-state index in [1.54, 1.807) is 0 Å². The van der Waals surface area contributed by atoms with E-state index >= 15 is 0 Å². The number of likely N-dealkylation sites (N-methyl/N-ethyl adjacent to an activating group) is 1. The van der Waals surface area contributed by atoms with Crippen molar-refractivity contribution in [3.8, 4) is 0 Å². The molecule has 2 unspecified atom stereocenters. The Morgan fingerprint density at radius 2 is 2.00 bits per heavy atom. The van der Waals surface area contributed by atoms with E-state index in [-0.39, 0.29) is 12.7 Å². The van der Waals surface area contributed by atoms with Gasteiger partial charge in [-0.1, -0.05) is 0 Å². The average molecular weight is 214 g/mol. The predicted octanol–water partition coefficient (Wildman–Crippen LogP) is 1.90. The van der Waals surface area contributed by atoms with Gasteiger partial charge in [0.25, 0.3) is 0 Å². The number of rotatable bonds is 4. The van der Waals surface area contributed by atoms with Crippen LogP contribution < -0.4 is 0 Å². The number of nitrogens with zero attached hydrogens (tertiary/aromatic N) is 2. The summed E-state index contributed by atoms with van der Waals surface area (Å²) in [6.45, 7) is 5.38. The maximum atomic E-state index is 12.7. The zero-order valence-electron chi connectivity index (χ0n) is 10.1. The Morgan fingerprint density at radius 3 is 2.40 bits per heavy atom. The van der Waals surface area contributed by atoms with Crippen LogP contribution in [0.4, 0.5) is 4.39 Å². The van der Waals surface area contributed by atoms with Crippen molar-refractivity contribution in [2.75, 3.05) is 20.3 Å². The summed E-state index contributed by atoms with van der Waals surface area (Å²) < 4.78 is 12.7. The molecule has 88 valence electrons. The van der Waals surface area contributed by atoms with Crippen LogP contribution in [0.15, 0.2) is 0 Å². The van der Waals surface area contributed by atoms with E-state index in [4.69, 9.17) is 0 Å². The molecule has 15 heavy (non-hydrogen) atoms. The fourth-order valence-electron chi connectivity index (χ4n) is 2.96. The van der Waals surface area contributed by atoms with Crippen molar-refractivity contribution < 1.29 is 4.39 Å². The monoisotopic (exact) mass is 214 g/mol. The van der Waals surface area contributed by atoms with E-state index in [9.17, 15) is 4.39 Å². The minimum absolute atomic E-state index is 0.162. The van der Waals surface area contributed by atoms with Crippen molar-refractivity contribution in [1.29, 1.82) is 0 Å². The molecule has 0 spiro atoms. The molecule has 2 rings (SSSR count). The van der Waals surface area contributed by atoms with Crippen molar-refractivity contribution >= 4 is 0 Å². The van der Waals surface area contributed by atoms with Gasteiger partial charge in [-0.05, 0) is 40.2 Å². The largest absolute Gasteiger partial charge is 0.299 e. The Kier molecular flexibility index (Phi) is 3.31. The van der Waals surface area contributed by atoms with Gasteiger partial charge in [-0.25, -0.2) is 4.39 Å². The van der Waals surface area contributed by atoms with E-state index in [1.807, 2.05) is 0 Å². The van der Waals surface area contributed by atoms with Gasteiger partial charge in [0.2, 0.25) is 0 Å². The Morgan fingerprint density at radius 1 is 1.33 bits per heavy atom. The highest BCUT2D eigenvalue weighted by atomic mass is 19.1. The Labute approximate surface area is 92.4 Å². The summed E-state index contributed by atoms with van der Waals surface area (Å²) in [5.41, 5.74) is 0. The molecule has 0 bridgehead atoms. The van der Waals surface area contributed by atoms with E-state index in [2.05, 4.69) is 30.7 Å². The van der Waals surface area contributed by atoms with Gasteiger partial charge in [0.1, 0.15) is 6.67 Å². The second-order valence-corrected chi connectivity index (χ2v) is 5.41. The lowest BCUT2D eigenvalue weighted by atomic mass is 10.1. The average Bonchev–Trinajstić information content (AvgIpc) is 2.90. The molecule has 2 aliphatic rings. The Bertz CT molecular complexity index is 214. The molecule has 2 nitrogen and oxygen atoms in total. The molecule has 1 heterocycles. The number of hydrogen-bond acceptors (Lipinski definition) is 2. The smallest absolute Gasteiger partial charge is 0.105 e. The third-order valence-electron chi connectivity index (χ3n) is 3.83. The minimum Gasteiger partial charge on any atom is -0.299 e. The highest BCUT2D eigenvalue weighted by Gasteiger charge is 2.40. The van der Waals surface area contributed by atoms with Crippen LogP contribution in [0.2, 0.25) is 0 Å². The van der Waals surface area contributed by atoms with Crippen LogP contribution in [0, 0.1) is 0 Å². The van der Waals surface area contributed by atoms with Crippen LogP contribution in [0.25, 0.3) is 0 Å². The molecule has 0 aromatic rings. The summed E-state index contributed by atoms with van der Waals surface area (Å²) in [5.74, 6) is 0. The molecule has 2 atom stereocenters. The van der Waals surface area contributed by atoms with E-state index < -0.39 is 0 Å². The van der Waals surface area contributed by atoms with Gasteiger partial charge in [0, 0.05) is 30.7 Å². The topological polar surface area (TPSA) is 6.48 Å². The molecule has 1 saturated carbocycles. The van der Waals surface area contributed by atoms with Crippen LogP contribution in [-0.4, -0.2) is 54.2 Å². The van der Waals surface area contributed by atoms with Crippen molar-refractivity contribution in [2.45, 2.75) is 57.3 Å². The highest BCUT2D eigenvalue weighted by molar-refractivity contribution is 4.96. The van der Waals surface area contributed by atoms with Gasteiger partial charge in [0.05, 0.1) is 0 Å². The van der Waals surface area contributed by atoms with Crippen LogP contribution in [0.5, 0.6) is 0 Å². The fourth-order valence-corrected chi connectivity index (χ4v) is 2.96. The molecule has 0 aromatic carbocycles. The zero-order chi connectivity index (χ0) is 11.0. The summed E-state index contributed by atoms with van der Waals surface area (Å²) in [6, 6.07) is 2.15. The van der Waals surface area contributed by atoms with Gasteiger partial charge in [-0.3, -0.25) is 9.80 Å². The first kappa shape index (κ1) is 11.3. The lowest BCUT2D eigenvalue weighted by Gasteiger charge is -2.32. The zero-order valence-corrected chi connectivity index (χ0v) is 10.1. The normalized spacial score (nSPS) is 33.2. The van der Waals surface area contributed by atoms with Gasteiger partial charge >= 0.3 is 0 Å². The van der Waals surface area contributed by atoms with Gasteiger partial charge < -0.3 is 0 Å². The SMILES string of the molecule is CC(C)N(C1CC1)C1CC(CF)N(C)C1. The lowest BCUT2D eigenvalue weighted by Crippen LogP contribution is -2.43. The first-order valence-corrected chi connectivity index (χ1v) is 6.17. The van der Waals surface area contributed by atoms with Crippen molar-refractivity contribution in [1.82, 2.24) is 9.80 Å². The molecule has 0 N–H and O–H groups in total. The molecule has 0 aromatic heterocycles. The predicted molar refractivity (Wildman–Crippen MR) is 60.8 cm³/mol. The third-order valence-corrected chi connectivity index (χ3v) is 3.83. The van der Waals surface area contributed by atoms with E-state index in [0.717, 1.165) is 19.0 Å². The quantitative estimate of drug-likeness (QED) is 0.705. The summed E-state index contributed by atoms with van der Waals surface area (Å²) in [4.78, 5) is 4.80. The maximum absolute atomic E-state index is 12.7. The molecule has 0 radical (unpaired) electrons. The van der Waals surface area contributed by atoms with Gasteiger partial charge in [0.15, 0.2) is 0 Å². The highest BCUT2D eigenvalue weighted by Crippen LogP contribution is 2.34. The standard InChI is InChI=1S/C12H23FN2/c1-9(2)15(10-4-5-10)12-6-11(7-13)14(3)8-12/h9-12H,4-8H2,1-3H3. The minimum atomic E-state index is -0.191. The number of hydrogen-bond donors (Lipinski definition) is 0. The van der Waals surface area contributed by atoms with Crippen LogP contribution in [0.1, 0.15) is 33.1 Å². The Balaban J connectivity index is 1.97. The number of alkyl halides is 1. The van der Waals surface area contributed by atoms with Gasteiger partial charge in [-0.15, -0.1) is 0 Å². The first-order valence-electron chi connectivity index (χ1n) is 6.17. The maximum Gasteiger partial charge on any atom is 0.105 e. The van der Waals surface area contributed by atoms with Crippen molar-refractivity contribution in [3.63, 3.8) is 0 Å². The van der Waals surface area contributed by atoms with E-state index in [1.165, 1.54) is 12.8 Å². The molecular formula is C12H23FN2. The van der Waals surface area contributed by atoms with Crippen LogP contribution >= 0.6 is 0 Å². The summed E-state index contributed by atoms with van der Waals surface area (Å²) >= 11 is 0. The second-order valence-electron chi connectivity index (χ2n) is 5.41. The third kappa shape index (κ3) is 2.34. The van der Waals surface area contributed by atoms with Crippen molar-refractivity contribution in [3.05, 3.63) is 0 Å². The molecule has 1 aliphatic heterocycles. The molecule has 2 fully saturated rings. The lowest BCUT2D eigenvalue weighted by molar-refractivity contribution is 0.146. The molecule has 1 saturated heterocycles. The fraction of sp³-hybridized carbons (Fsp3) is 1.00. The number of likely N-dealkylation sites (tertiary alicyclic amines) is 1. The molecular weight excluding hydrogens is 191 g/mol. The molecule has 0 amide bonds. The molecule has 1 aliphatic carbocycles. The van der Waals surface area contributed by atoms with Crippen molar-refractivity contribution in [2.24, 2.45) is 0 Å². The van der Waals surface area contributed by atoms with Crippen LogP contribution in [0.3, 0.4) is 0 Å². The second kappa shape index (κ2) is 4.38. The molecule has 3 heteroatoms.